The fourth-order valence-corrected chi connectivity index (χ4v) is 0.634. The lowest BCUT2D eigenvalue weighted by molar-refractivity contribution is 0.428. The van der Waals surface area contributed by atoms with Crippen LogP contribution in [-0.4, -0.2) is 6.54 Å². The van der Waals surface area contributed by atoms with Crippen molar-refractivity contribution < 1.29 is 0 Å². The highest BCUT2D eigenvalue weighted by molar-refractivity contribution is 5.08. The van der Waals surface area contributed by atoms with Crippen LogP contribution in [0.3, 0.4) is 0 Å². The second-order valence-electron chi connectivity index (χ2n) is 2.27. The van der Waals surface area contributed by atoms with Crippen LogP contribution in [0.4, 0.5) is 0 Å². The summed E-state index contributed by atoms with van der Waals surface area (Å²) < 4.78 is 0. The van der Waals surface area contributed by atoms with Crippen LogP contribution >= 0.6 is 0 Å². The number of nitriles is 3. The zero-order valence-corrected chi connectivity index (χ0v) is 6.04. The molecule has 0 saturated carbocycles. The minimum atomic E-state index is -0.955. The highest BCUT2D eigenvalue weighted by atomic mass is 14.6. The SMILES string of the molecule is N#CCC(C#N)(CN)CC#N. The Morgan fingerprint density at radius 3 is 1.73 bits per heavy atom. The molecule has 0 aliphatic heterocycles. The van der Waals surface area contributed by atoms with E-state index in [4.69, 9.17) is 21.5 Å². The van der Waals surface area contributed by atoms with E-state index in [9.17, 15) is 0 Å². The third-order valence-corrected chi connectivity index (χ3v) is 1.46. The molecule has 56 valence electrons. The molecule has 4 nitrogen and oxygen atoms in total. The van der Waals surface area contributed by atoms with E-state index in [1.165, 1.54) is 0 Å². The van der Waals surface area contributed by atoms with Gasteiger partial charge in [-0.2, -0.15) is 15.8 Å². The third kappa shape index (κ3) is 2.26. The van der Waals surface area contributed by atoms with Gasteiger partial charge < -0.3 is 5.73 Å². The van der Waals surface area contributed by atoms with E-state index in [0.29, 0.717) is 0 Å². The van der Waals surface area contributed by atoms with Gasteiger partial charge in [-0.05, 0) is 0 Å². The Labute approximate surface area is 65.4 Å². The maximum Gasteiger partial charge on any atom is 0.0954 e. The number of nitrogens with two attached hydrogens (primary N) is 1. The molecule has 0 atom stereocenters. The second-order valence-corrected chi connectivity index (χ2v) is 2.27. The molecule has 0 aliphatic carbocycles. The number of nitrogens with zero attached hydrogens (tertiary/aromatic N) is 3. The smallest absolute Gasteiger partial charge is 0.0954 e. The van der Waals surface area contributed by atoms with Crippen molar-refractivity contribution >= 4 is 0 Å². The summed E-state index contributed by atoms with van der Waals surface area (Å²) >= 11 is 0. The largest absolute Gasteiger partial charge is 0.329 e. The lowest BCUT2D eigenvalue weighted by atomic mass is 9.84. The molecule has 0 rings (SSSR count). The van der Waals surface area contributed by atoms with Crippen LogP contribution in [0.25, 0.3) is 0 Å². The highest BCUT2D eigenvalue weighted by Gasteiger charge is 2.27. The van der Waals surface area contributed by atoms with E-state index in [2.05, 4.69) is 0 Å². The molecule has 0 bridgehead atoms. The molecule has 0 aliphatic rings. The number of hydrogen-bond acceptors (Lipinski definition) is 4. The van der Waals surface area contributed by atoms with Gasteiger partial charge in [0.15, 0.2) is 0 Å². The van der Waals surface area contributed by atoms with Crippen molar-refractivity contribution in [3.63, 3.8) is 0 Å². The molecule has 0 fully saturated rings. The summed E-state index contributed by atoms with van der Waals surface area (Å²) in [6.07, 6.45) is 0.0428. The number of hydrogen-bond donors (Lipinski definition) is 1. The minimum Gasteiger partial charge on any atom is -0.329 e. The quantitative estimate of drug-likeness (QED) is 0.621. The summed E-state index contributed by atoms with van der Waals surface area (Å²) in [6.45, 7) is 0.0601. The van der Waals surface area contributed by atoms with Crippen molar-refractivity contribution in [3.8, 4) is 18.2 Å². The standard InChI is InChI=1S/C7H8N4/c8-3-1-7(5-10,6-11)2-4-9/h1-2,5,10H2. The zero-order chi connectivity index (χ0) is 8.74. The Balaban J connectivity index is 4.41. The van der Waals surface area contributed by atoms with Crippen LogP contribution in [0.1, 0.15) is 12.8 Å². The molecule has 0 amide bonds. The summed E-state index contributed by atoms with van der Waals surface area (Å²) in [5.74, 6) is 0. The average Bonchev–Trinajstić information content (AvgIpc) is 2.04. The van der Waals surface area contributed by atoms with Crippen LogP contribution in [0.2, 0.25) is 0 Å². The molecule has 4 heteroatoms. The maximum atomic E-state index is 8.61. The van der Waals surface area contributed by atoms with Gasteiger partial charge in [0.2, 0.25) is 0 Å². The van der Waals surface area contributed by atoms with Gasteiger partial charge in [-0.25, -0.2) is 0 Å². The fraction of sp³-hybridized carbons (Fsp3) is 0.571. The molecule has 0 heterocycles. The fourth-order valence-electron chi connectivity index (χ4n) is 0.634. The Morgan fingerprint density at radius 1 is 1.09 bits per heavy atom. The summed E-state index contributed by atoms with van der Waals surface area (Å²) in [6, 6.07) is 5.58. The maximum absolute atomic E-state index is 8.61. The highest BCUT2D eigenvalue weighted by Crippen LogP contribution is 2.22. The van der Waals surface area contributed by atoms with E-state index >= 15 is 0 Å². The first kappa shape index (κ1) is 9.43. The Kier molecular flexibility index (Phi) is 3.67. The molecule has 0 radical (unpaired) electrons. The molecular weight excluding hydrogens is 140 g/mol. The van der Waals surface area contributed by atoms with E-state index < -0.39 is 5.41 Å². The monoisotopic (exact) mass is 148 g/mol. The van der Waals surface area contributed by atoms with Gasteiger partial charge in [-0.3, -0.25) is 0 Å². The third-order valence-electron chi connectivity index (χ3n) is 1.46. The molecule has 0 unspecified atom stereocenters. The summed E-state index contributed by atoms with van der Waals surface area (Å²) in [5, 5.41) is 25.3. The van der Waals surface area contributed by atoms with Gasteiger partial charge >= 0.3 is 0 Å². The predicted molar refractivity (Wildman–Crippen MR) is 37.6 cm³/mol. The molecule has 11 heavy (non-hydrogen) atoms. The molecular formula is C7H8N4. The van der Waals surface area contributed by atoms with Crippen LogP contribution in [0, 0.1) is 39.4 Å². The molecule has 0 spiro atoms. The number of rotatable bonds is 3. The second kappa shape index (κ2) is 4.28. The molecule has 0 aromatic rings. The zero-order valence-electron chi connectivity index (χ0n) is 6.04. The lowest BCUT2D eigenvalue weighted by Gasteiger charge is -2.16. The molecule has 0 aromatic heterocycles. The average molecular weight is 148 g/mol. The van der Waals surface area contributed by atoms with Crippen molar-refractivity contribution in [1.82, 2.24) is 0 Å². The van der Waals surface area contributed by atoms with Crippen molar-refractivity contribution in [2.24, 2.45) is 11.1 Å². The van der Waals surface area contributed by atoms with Crippen molar-refractivity contribution in [2.75, 3.05) is 6.54 Å². The normalized spacial score (nSPS) is 9.27. The molecule has 2 N–H and O–H groups in total. The Hall–Kier alpha value is -1.57. The lowest BCUT2D eigenvalue weighted by Crippen LogP contribution is -2.28. The van der Waals surface area contributed by atoms with Crippen LogP contribution in [-0.2, 0) is 0 Å². The minimum absolute atomic E-state index is 0.0214. The van der Waals surface area contributed by atoms with Crippen LogP contribution < -0.4 is 5.73 Å². The van der Waals surface area contributed by atoms with Crippen molar-refractivity contribution in [2.45, 2.75) is 12.8 Å². The first-order valence-electron chi connectivity index (χ1n) is 3.10. The topological polar surface area (TPSA) is 97.4 Å². The van der Waals surface area contributed by atoms with Crippen molar-refractivity contribution in [1.29, 1.82) is 15.8 Å². The Bertz CT molecular complexity index is 221. The summed E-state index contributed by atoms with van der Waals surface area (Å²) in [5.41, 5.74) is 4.31. The van der Waals surface area contributed by atoms with Crippen molar-refractivity contribution in [3.05, 3.63) is 0 Å². The Morgan fingerprint density at radius 2 is 1.55 bits per heavy atom. The predicted octanol–water partition coefficient (Wildman–Crippen LogP) is 0.282. The van der Waals surface area contributed by atoms with E-state index in [1.807, 2.05) is 18.2 Å². The van der Waals surface area contributed by atoms with Crippen LogP contribution in [0.5, 0.6) is 0 Å². The van der Waals surface area contributed by atoms with Gasteiger partial charge in [0.25, 0.3) is 0 Å². The van der Waals surface area contributed by atoms with Gasteiger partial charge in [-0.15, -0.1) is 0 Å². The van der Waals surface area contributed by atoms with Gasteiger partial charge in [0, 0.05) is 6.54 Å². The molecule has 0 saturated heterocycles. The van der Waals surface area contributed by atoms with Gasteiger partial charge in [0.1, 0.15) is 0 Å². The first-order valence-corrected chi connectivity index (χ1v) is 3.10. The van der Waals surface area contributed by atoms with Crippen LogP contribution in [0.15, 0.2) is 0 Å². The summed E-state index contributed by atoms with van der Waals surface area (Å²) in [7, 11) is 0. The molecule has 0 aromatic carbocycles. The van der Waals surface area contributed by atoms with E-state index in [-0.39, 0.29) is 19.4 Å². The summed E-state index contributed by atoms with van der Waals surface area (Å²) in [4.78, 5) is 0. The first-order chi connectivity index (χ1) is 5.24. The van der Waals surface area contributed by atoms with Gasteiger partial charge in [-0.1, -0.05) is 0 Å². The van der Waals surface area contributed by atoms with E-state index in [1.54, 1.807) is 0 Å². The van der Waals surface area contributed by atoms with E-state index in [0.717, 1.165) is 0 Å². The van der Waals surface area contributed by atoms with Gasteiger partial charge in [0.05, 0.1) is 36.5 Å².